The molecule has 0 bridgehead atoms. The Morgan fingerprint density at radius 3 is 2.59 bits per heavy atom. The number of likely N-dealkylation sites (tertiary alicyclic amines) is 1. The molecular weight excluding hydrogens is 276 g/mol. The van der Waals surface area contributed by atoms with Crippen LogP contribution in [0, 0.1) is 12.8 Å². The lowest BCUT2D eigenvalue weighted by Gasteiger charge is -2.32. The normalized spacial score (nSPS) is 21.5. The number of aryl methyl sites for hydroxylation is 1. The van der Waals surface area contributed by atoms with Gasteiger partial charge in [0.15, 0.2) is 0 Å². The van der Waals surface area contributed by atoms with E-state index in [0.717, 1.165) is 37.8 Å². The standard InChI is InChI=1S/C18H24N2O2/c1-13-4-6-14(7-5-13)11-17(21)20-10-2-3-15(12-20)18(22)19-16-8-9-16/h4-7,15-16H,2-3,8-12H2,1H3,(H,19,22)/t15-/m1/s1. The van der Waals surface area contributed by atoms with Crippen molar-refractivity contribution in [3.63, 3.8) is 0 Å². The SMILES string of the molecule is Cc1ccc(CC(=O)N2CCC[C@@H](C(=O)NC3CC3)C2)cc1. The molecule has 4 nitrogen and oxygen atoms in total. The van der Waals surface area contributed by atoms with Gasteiger partial charge in [-0.15, -0.1) is 0 Å². The maximum Gasteiger partial charge on any atom is 0.227 e. The van der Waals surface area contributed by atoms with Gasteiger partial charge in [0.25, 0.3) is 0 Å². The Morgan fingerprint density at radius 1 is 1.18 bits per heavy atom. The molecule has 0 radical (unpaired) electrons. The van der Waals surface area contributed by atoms with Crippen LogP contribution in [0.2, 0.25) is 0 Å². The monoisotopic (exact) mass is 300 g/mol. The number of hydrogen-bond donors (Lipinski definition) is 1. The minimum Gasteiger partial charge on any atom is -0.353 e. The van der Waals surface area contributed by atoms with E-state index in [9.17, 15) is 9.59 Å². The first-order valence-corrected chi connectivity index (χ1v) is 8.25. The van der Waals surface area contributed by atoms with Crippen molar-refractivity contribution in [3.8, 4) is 0 Å². The van der Waals surface area contributed by atoms with E-state index < -0.39 is 0 Å². The second-order valence-corrected chi connectivity index (χ2v) is 6.62. The number of amides is 2. The van der Waals surface area contributed by atoms with Gasteiger partial charge in [-0.3, -0.25) is 9.59 Å². The maximum atomic E-state index is 12.4. The highest BCUT2D eigenvalue weighted by molar-refractivity contribution is 5.82. The molecule has 2 fully saturated rings. The molecule has 1 atom stereocenters. The molecule has 1 saturated carbocycles. The maximum absolute atomic E-state index is 12.4. The van der Waals surface area contributed by atoms with Gasteiger partial charge in [-0.2, -0.15) is 0 Å². The molecule has 1 aliphatic carbocycles. The Kier molecular flexibility index (Phi) is 4.46. The second-order valence-electron chi connectivity index (χ2n) is 6.62. The van der Waals surface area contributed by atoms with E-state index >= 15 is 0 Å². The zero-order valence-electron chi connectivity index (χ0n) is 13.2. The summed E-state index contributed by atoms with van der Waals surface area (Å²) < 4.78 is 0. The summed E-state index contributed by atoms with van der Waals surface area (Å²) in [4.78, 5) is 26.5. The fourth-order valence-electron chi connectivity index (χ4n) is 2.96. The first-order chi connectivity index (χ1) is 10.6. The van der Waals surface area contributed by atoms with E-state index in [1.807, 2.05) is 36.1 Å². The summed E-state index contributed by atoms with van der Waals surface area (Å²) in [6, 6.07) is 8.48. The van der Waals surface area contributed by atoms with Crippen molar-refractivity contribution in [2.45, 2.75) is 45.1 Å². The third-order valence-electron chi connectivity index (χ3n) is 4.54. The van der Waals surface area contributed by atoms with Gasteiger partial charge in [0.05, 0.1) is 12.3 Å². The van der Waals surface area contributed by atoms with Gasteiger partial charge < -0.3 is 10.2 Å². The lowest BCUT2D eigenvalue weighted by molar-refractivity contribution is -0.135. The van der Waals surface area contributed by atoms with Crippen molar-refractivity contribution in [1.29, 1.82) is 0 Å². The van der Waals surface area contributed by atoms with Crippen LogP contribution in [0.3, 0.4) is 0 Å². The predicted molar refractivity (Wildman–Crippen MR) is 85.4 cm³/mol. The van der Waals surface area contributed by atoms with Crippen LogP contribution in [0.15, 0.2) is 24.3 Å². The number of benzene rings is 1. The molecule has 0 aromatic heterocycles. The Labute approximate surface area is 131 Å². The summed E-state index contributed by atoms with van der Waals surface area (Å²) in [6.45, 7) is 3.39. The molecule has 118 valence electrons. The molecule has 1 aliphatic heterocycles. The van der Waals surface area contributed by atoms with E-state index in [4.69, 9.17) is 0 Å². The molecule has 1 aromatic rings. The van der Waals surface area contributed by atoms with Crippen LogP contribution < -0.4 is 5.32 Å². The molecular formula is C18H24N2O2. The highest BCUT2D eigenvalue weighted by Gasteiger charge is 2.31. The number of nitrogens with one attached hydrogen (secondary N) is 1. The number of piperidine rings is 1. The largest absolute Gasteiger partial charge is 0.353 e. The van der Waals surface area contributed by atoms with E-state index in [1.165, 1.54) is 5.56 Å². The smallest absolute Gasteiger partial charge is 0.227 e. The second kappa shape index (κ2) is 6.51. The van der Waals surface area contributed by atoms with Crippen molar-refractivity contribution in [1.82, 2.24) is 10.2 Å². The Morgan fingerprint density at radius 2 is 1.91 bits per heavy atom. The molecule has 1 N–H and O–H groups in total. The Hall–Kier alpha value is -1.84. The molecule has 22 heavy (non-hydrogen) atoms. The van der Waals surface area contributed by atoms with E-state index in [-0.39, 0.29) is 17.7 Å². The molecule has 1 saturated heterocycles. The van der Waals surface area contributed by atoms with Crippen molar-refractivity contribution in [2.24, 2.45) is 5.92 Å². The predicted octanol–water partition coefficient (Wildman–Crippen LogP) is 2.05. The van der Waals surface area contributed by atoms with E-state index in [0.29, 0.717) is 19.0 Å². The summed E-state index contributed by atoms with van der Waals surface area (Å²) >= 11 is 0. The van der Waals surface area contributed by atoms with Crippen LogP contribution in [-0.4, -0.2) is 35.8 Å². The van der Waals surface area contributed by atoms with Crippen molar-refractivity contribution < 1.29 is 9.59 Å². The van der Waals surface area contributed by atoms with Gasteiger partial charge >= 0.3 is 0 Å². The van der Waals surface area contributed by atoms with Gasteiger partial charge in [0, 0.05) is 19.1 Å². The summed E-state index contributed by atoms with van der Waals surface area (Å²) in [7, 11) is 0. The molecule has 2 amide bonds. The highest BCUT2D eigenvalue weighted by Crippen LogP contribution is 2.22. The molecule has 3 rings (SSSR count). The van der Waals surface area contributed by atoms with Crippen molar-refractivity contribution in [2.75, 3.05) is 13.1 Å². The summed E-state index contributed by atoms with van der Waals surface area (Å²) in [5, 5.41) is 3.06. The van der Waals surface area contributed by atoms with Crippen LogP contribution in [0.4, 0.5) is 0 Å². The minimum absolute atomic E-state index is 0.0312. The summed E-state index contributed by atoms with van der Waals surface area (Å²) in [5.74, 6) is 0.236. The molecule has 1 heterocycles. The van der Waals surface area contributed by atoms with E-state index in [2.05, 4.69) is 5.32 Å². The average Bonchev–Trinajstić information content (AvgIpc) is 3.33. The third kappa shape index (κ3) is 3.87. The van der Waals surface area contributed by atoms with Crippen LogP contribution in [0.25, 0.3) is 0 Å². The molecule has 0 unspecified atom stereocenters. The lowest BCUT2D eigenvalue weighted by atomic mass is 9.96. The zero-order chi connectivity index (χ0) is 15.5. The van der Waals surface area contributed by atoms with Crippen LogP contribution in [-0.2, 0) is 16.0 Å². The van der Waals surface area contributed by atoms with E-state index in [1.54, 1.807) is 0 Å². The highest BCUT2D eigenvalue weighted by atomic mass is 16.2. The molecule has 1 aromatic carbocycles. The van der Waals surface area contributed by atoms with Crippen LogP contribution >= 0.6 is 0 Å². The third-order valence-corrected chi connectivity index (χ3v) is 4.54. The topological polar surface area (TPSA) is 49.4 Å². The molecule has 2 aliphatic rings. The average molecular weight is 300 g/mol. The number of rotatable bonds is 4. The van der Waals surface area contributed by atoms with Gasteiger partial charge in [0.1, 0.15) is 0 Å². The number of carbonyl (C=O) groups is 2. The fraction of sp³-hybridized carbons (Fsp3) is 0.556. The Bertz CT molecular complexity index is 549. The zero-order valence-corrected chi connectivity index (χ0v) is 13.2. The minimum atomic E-state index is -0.0312. The molecule has 4 heteroatoms. The van der Waals surface area contributed by atoms with Crippen LogP contribution in [0.1, 0.15) is 36.8 Å². The number of nitrogens with zero attached hydrogens (tertiary/aromatic N) is 1. The molecule has 0 spiro atoms. The van der Waals surface area contributed by atoms with Gasteiger partial charge in [0.2, 0.25) is 11.8 Å². The fourth-order valence-corrected chi connectivity index (χ4v) is 2.96. The van der Waals surface area contributed by atoms with Gasteiger partial charge in [-0.25, -0.2) is 0 Å². The first kappa shape index (κ1) is 15.1. The summed E-state index contributed by atoms with van der Waals surface area (Å²) in [6.07, 6.45) is 4.45. The van der Waals surface area contributed by atoms with Crippen molar-refractivity contribution in [3.05, 3.63) is 35.4 Å². The van der Waals surface area contributed by atoms with Crippen LogP contribution in [0.5, 0.6) is 0 Å². The number of hydrogen-bond acceptors (Lipinski definition) is 2. The van der Waals surface area contributed by atoms with Crippen molar-refractivity contribution >= 4 is 11.8 Å². The number of carbonyl (C=O) groups excluding carboxylic acids is 2. The van der Waals surface area contributed by atoms with Gasteiger partial charge in [-0.1, -0.05) is 29.8 Å². The lowest BCUT2D eigenvalue weighted by Crippen LogP contribution is -2.46. The Balaban J connectivity index is 1.55. The first-order valence-electron chi connectivity index (χ1n) is 8.25. The quantitative estimate of drug-likeness (QED) is 0.925. The summed E-state index contributed by atoms with van der Waals surface area (Å²) in [5.41, 5.74) is 2.24. The van der Waals surface area contributed by atoms with Gasteiger partial charge in [-0.05, 0) is 38.2 Å².